The summed E-state index contributed by atoms with van der Waals surface area (Å²) >= 11 is 1.20. The summed E-state index contributed by atoms with van der Waals surface area (Å²) in [5.74, 6) is 0.296. The van der Waals surface area contributed by atoms with Gasteiger partial charge in [0.05, 0.1) is 13.7 Å². The van der Waals surface area contributed by atoms with Crippen molar-refractivity contribution in [3.05, 3.63) is 29.3 Å². The lowest BCUT2D eigenvalue weighted by Crippen LogP contribution is -2.03. The molecular formula is C12H12N2O3S. The third-order valence-electron chi connectivity index (χ3n) is 2.19. The van der Waals surface area contributed by atoms with Crippen LogP contribution in [0.3, 0.4) is 0 Å². The van der Waals surface area contributed by atoms with E-state index in [-0.39, 0.29) is 5.01 Å². The van der Waals surface area contributed by atoms with Crippen molar-refractivity contribution in [2.45, 2.75) is 6.92 Å². The number of ether oxygens (including phenoxy) is 2. The molecule has 0 saturated heterocycles. The van der Waals surface area contributed by atoms with Crippen LogP contribution >= 0.6 is 11.3 Å². The lowest BCUT2D eigenvalue weighted by atomic mass is 10.2. The van der Waals surface area contributed by atoms with Crippen molar-refractivity contribution in [2.75, 3.05) is 13.7 Å². The maximum atomic E-state index is 11.5. The molecule has 1 heterocycles. The molecule has 0 radical (unpaired) electrons. The van der Waals surface area contributed by atoms with Crippen LogP contribution in [0.5, 0.6) is 5.75 Å². The third-order valence-corrected chi connectivity index (χ3v) is 3.14. The first kappa shape index (κ1) is 12.5. The normalized spacial score (nSPS) is 10.1. The number of benzene rings is 1. The van der Waals surface area contributed by atoms with Crippen LogP contribution in [-0.2, 0) is 4.74 Å². The summed E-state index contributed by atoms with van der Waals surface area (Å²) in [5, 5.41) is 8.72. The van der Waals surface area contributed by atoms with Gasteiger partial charge in [0.25, 0.3) is 0 Å². The average molecular weight is 264 g/mol. The van der Waals surface area contributed by atoms with Crippen LogP contribution < -0.4 is 4.74 Å². The largest absolute Gasteiger partial charge is 0.497 e. The van der Waals surface area contributed by atoms with Gasteiger partial charge in [-0.1, -0.05) is 23.5 Å². The van der Waals surface area contributed by atoms with Gasteiger partial charge < -0.3 is 9.47 Å². The zero-order valence-electron chi connectivity index (χ0n) is 10.0. The molecule has 0 fully saturated rings. The summed E-state index contributed by atoms with van der Waals surface area (Å²) in [4.78, 5) is 11.5. The second-order valence-electron chi connectivity index (χ2n) is 3.36. The van der Waals surface area contributed by atoms with Gasteiger partial charge in [-0.15, -0.1) is 10.2 Å². The Balaban J connectivity index is 2.26. The molecular weight excluding hydrogens is 252 g/mol. The number of nitrogens with zero attached hydrogens (tertiary/aromatic N) is 2. The van der Waals surface area contributed by atoms with Crippen LogP contribution in [0.2, 0.25) is 0 Å². The average Bonchev–Trinajstić information content (AvgIpc) is 2.89. The Bertz CT molecular complexity index is 554. The summed E-state index contributed by atoms with van der Waals surface area (Å²) in [6.07, 6.45) is 0. The van der Waals surface area contributed by atoms with Crippen molar-refractivity contribution < 1.29 is 14.3 Å². The molecule has 5 nitrogen and oxygen atoms in total. The van der Waals surface area contributed by atoms with Crippen LogP contribution in [0, 0.1) is 0 Å². The van der Waals surface area contributed by atoms with Crippen molar-refractivity contribution in [1.29, 1.82) is 0 Å². The van der Waals surface area contributed by atoms with E-state index in [1.165, 1.54) is 11.3 Å². The number of aromatic nitrogens is 2. The topological polar surface area (TPSA) is 61.3 Å². The molecule has 6 heteroatoms. The van der Waals surface area contributed by atoms with Crippen molar-refractivity contribution in [2.24, 2.45) is 0 Å². The molecule has 0 amide bonds. The van der Waals surface area contributed by atoms with Crippen LogP contribution in [0.4, 0.5) is 0 Å². The minimum atomic E-state index is -0.441. The molecule has 0 unspecified atom stereocenters. The highest BCUT2D eigenvalue weighted by Gasteiger charge is 2.14. The Hall–Kier alpha value is -1.95. The van der Waals surface area contributed by atoms with E-state index in [9.17, 15) is 4.79 Å². The summed E-state index contributed by atoms with van der Waals surface area (Å²) < 4.78 is 10.0. The van der Waals surface area contributed by atoms with E-state index >= 15 is 0 Å². The number of carbonyl (C=O) groups excluding carboxylic acids is 1. The van der Waals surface area contributed by atoms with Gasteiger partial charge in [0.2, 0.25) is 5.01 Å². The number of hydrogen-bond acceptors (Lipinski definition) is 6. The second kappa shape index (κ2) is 5.59. The maximum absolute atomic E-state index is 11.5. The highest BCUT2D eigenvalue weighted by atomic mass is 32.1. The fourth-order valence-corrected chi connectivity index (χ4v) is 2.10. The Labute approximate surface area is 108 Å². The molecule has 0 N–H and O–H groups in total. The van der Waals surface area contributed by atoms with E-state index < -0.39 is 5.97 Å². The van der Waals surface area contributed by atoms with E-state index in [0.717, 1.165) is 11.3 Å². The lowest BCUT2D eigenvalue weighted by molar-refractivity contribution is 0.0525. The standard InChI is InChI=1S/C12H12N2O3S/c1-3-17-12(15)11-14-13-10(18-11)8-5-4-6-9(7-8)16-2/h4-7H,3H2,1-2H3. The monoisotopic (exact) mass is 264 g/mol. The Morgan fingerprint density at radius 3 is 2.94 bits per heavy atom. The lowest BCUT2D eigenvalue weighted by Gasteiger charge is -2.00. The Morgan fingerprint density at radius 1 is 1.39 bits per heavy atom. The van der Waals surface area contributed by atoms with Gasteiger partial charge >= 0.3 is 5.97 Å². The van der Waals surface area contributed by atoms with Crippen LogP contribution in [0.1, 0.15) is 16.7 Å². The van der Waals surface area contributed by atoms with E-state index in [1.807, 2.05) is 24.3 Å². The number of rotatable bonds is 4. The molecule has 18 heavy (non-hydrogen) atoms. The molecule has 0 saturated carbocycles. The Kier molecular flexibility index (Phi) is 3.88. The first-order chi connectivity index (χ1) is 8.74. The summed E-state index contributed by atoms with van der Waals surface area (Å²) in [6.45, 7) is 2.08. The van der Waals surface area contributed by atoms with Crippen molar-refractivity contribution in [3.63, 3.8) is 0 Å². The SMILES string of the molecule is CCOC(=O)c1nnc(-c2cccc(OC)c2)s1. The van der Waals surface area contributed by atoms with Gasteiger partial charge in [-0.25, -0.2) is 4.79 Å². The minimum absolute atomic E-state index is 0.259. The molecule has 2 rings (SSSR count). The van der Waals surface area contributed by atoms with Gasteiger partial charge in [0.1, 0.15) is 10.8 Å². The fourth-order valence-electron chi connectivity index (χ4n) is 1.37. The van der Waals surface area contributed by atoms with Gasteiger partial charge in [-0.05, 0) is 19.1 Å². The first-order valence-electron chi connectivity index (χ1n) is 5.39. The van der Waals surface area contributed by atoms with E-state index in [1.54, 1.807) is 14.0 Å². The Morgan fingerprint density at radius 2 is 2.22 bits per heavy atom. The van der Waals surface area contributed by atoms with Gasteiger partial charge in [-0.2, -0.15) is 0 Å². The molecule has 1 aromatic heterocycles. The van der Waals surface area contributed by atoms with Crippen molar-refractivity contribution >= 4 is 17.3 Å². The summed E-state index contributed by atoms with van der Waals surface area (Å²) in [6, 6.07) is 7.43. The zero-order chi connectivity index (χ0) is 13.0. The predicted molar refractivity (Wildman–Crippen MR) is 67.9 cm³/mol. The first-order valence-corrected chi connectivity index (χ1v) is 6.21. The number of hydrogen-bond donors (Lipinski definition) is 0. The van der Waals surface area contributed by atoms with Crippen molar-refractivity contribution in [3.8, 4) is 16.3 Å². The molecule has 0 spiro atoms. The summed E-state index contributed by atoms with van der Waals surface area (Å²) in [5.41, 5.74) is 0.863. The molecule has 1 aromatic carbocycles. The van der Waals surface area contributed by atoms with E-state index in [0.29, 0.717) is 11.6 Å². The number of methoxy groups -OCH3 is 1. The zero-order valence-corrected chi connectivity index (χ0v) is 10.9. The molecule has 0 atom stereocenters. The van der Waals surface area contributed by atoms with Crippen LogP contribution in [0.15, 0.2) is 24.3 Å². The molecule has 0 aliphatic carbocycles. The maximum Gasteiger partial charge on any atom is 0.369 e. The minimum Gasteiger partial charge on any atom is -0.497 e. The molecule has 94 valence electrons. The molecule has 0 aliphatic rings. The highest BCUT2D eigenvalue weighted by Crippen LogP contribution is 2.26. The third kappa shape index (κ3) is 2.65. The highest BCUT2D eigenvalue weighted by molar-refractivity contribution is 7.16. The van der Waals surface area contributed by atoms with Gasteiger partial charge in [0.15, 0.2) is 0 Å². The smallest absolute Gasteiger partial charge is 0.369 e. The molecule has 0 aliphatic heterocycles. The van der Waals surface area contributed by atoms with Crippen molar-refractivity contribution in [1.82, 2.24) is 10.2 Å². The quantitative estimate of drug-likeness (QED) is 0.793. The van der Waals surface area contributed by atoms with E-state index in [2.05, 4.69) is 10.2 Å². The van der Waals surface area contributed by atoms with Crippen LogP contribution in [0.25, 0.3) is 10.6 Å². The van der Waals surface area contributed by atoms with Gasteiger partial charge in [-0.3, -0.25) is 0 Å². The van der Waals surface area contributed by atoms with Gasteiger partial charge in [0, 0.05) is 5.56 Å². The molecule has 0 bridgehead atoms. The predicted octanol–water partition coefficient (Wildman–Crippen LogP) is 2.39. The van der Waals surface area contributed by atoms with Crippen LogP contribution in [-0.4, -0.2) is 29.9 Å². The molecule has 2 aromatic rings. The number of esters is 1. The summed E-state index contributed by atoms with van der Waals surface area (Å²) in [7, 11) is 1.60. The fraction of sp³-hybridized carbons (Fsp3) is 0.250. The second-order valence-corrected chi connectivity index (χ2v) is 4.34. The van der Waals surface area contributed by atoms with E-state index in [4.69, 9.17) is 9.47 Å². The number of carbonyl (C=O) groups is 1.